The van der Waals surface area contributed by atoms with E-state index in [1.54, 1.807) is 48.5 Å². The zero-order valence-electron chi connectivity index (χ0n) is 20.6. The molecule has 2 aliphatic rings. The monoisotopic (exact) mass is 536 g/mol. The van der Waals surface area contributed by atoms with Crippen LogP contribution in [-0.4, -0.2) is 74.0 Å². The Morgan fingerprint density at radius 3 is 2.32 bits per heavy atom. The van der Waals surface area contributed by atoms with Crippen molar-refractivity contribution in [2.24, 2.45) is 0 Å². The van der Waals surface area contributed by atoms with Crippen LogP contribution in [0.5, 0.6) is 0 Å². The number of carbonyl (C=O) groups excluding carboxylic acids is 1. The average Bonchev–Trinajstić information content (AvgIpc) is 3.41. The maximum absolute atomic E-state index is 13.0. The van der Waals surface area contributed by atoms with E-state index in [-0.39, 0.29) is 11.6 Å². The molecule has 2 heterocycles. The molecular formula is C27H32ClF3N4O2. The number of rotatable bonds is 7. The summed E-state index contributed by atoms with van der Waals surface area (Å²) in [6, 6.07) is 13.5. The first-order valence-electron chi connectivity index (χ1n) is 12.2. The van der Waals surface area contributed by atoms with Crippen LogP contribution in [0, 0.1) is 5.41 Å². The van der Waals surface area contributed by atoms with E-state index in [0.717, 1.165) is 45.2 Å². The van der Waals surface area contributed by atoms with Gasteiger partial charge in [0, 0.05) is 50.6 Å². The predicted molar refractivity (Wildman–Crippen MR) is 141 cm³/mol. The lowest BCUT2D eigenvalue weighted by atomic mass is 10.1. The van der Waals surface area contributed by atoms with Crippen molar-refractivity contribution in [3.8, 4) is 0 Å². The van der Waals surface area contributed by atoms with Gasteiger partial charge in [-0.3, -0.25) is 9.69 Å². The van der Waals surface area contributed by atoms with Gasteiger partial charge >= 0.3 is 6.18 Å². The number of alkyl halides is 3. The molecule has 1 atom stereocenters. The van der Waals surface area contributed by atoms with Gasteiger partial charge in [-0.2, -0.15) is 13.2 Å². The molecule has 0 aliphatic carbocycles. The number of ether oxygens (including phenoxy) is 1. The zero-order valence-corrected chi connectivity index (χ0v) is 21.3. The maximum atomic E-state index is 13.0. The summed E-state index contributed by atoms with van der Waals surface area (Å²) in [5, 5.41) is 8.90. The van der Waals surface area contributed by atoms with Crippen LogP contribution in [-0.2, 0) is 4.74 Å². The molecule has 200 valence electrons. The molecule has 1 amide bonds. The average molecular weight is 537 g/mol. The van der Waals surface area contributed by atoms with E-state index in [1.807, 2.05) is 4.90 Å². The number of allylic oxidation sites excluding steroid dienone is 1. The Hall–Kier alpha value is -2.88. The summed E-state index contributed by atoms with van der Waals surface area (Å²) in [6.45, 7) is 7.12. The van der Waals surface area contributed by atoms with Crippen LogP contribution in [0.2, 0.25) is 5.02 Å². The minimum Gasteiger partial charge on any atom is -0.377 e. The zero-order chi connectivity index (χ0) is 26.8. The lowest BCUT2D eigenvalue weighted by Crippen LogP contribution is -2.50. The largest absolute Gasteiger partial charge is 0.392 e. The third-order valence-electron chi connectivity index (χ3n) is 6.27. The van der Waals surface area contributed by atoms with Gasteiger partial charge in [0.25, 0.3) is 5.91 Å². The molecule has 1 unspecified atom stereocenters. The molecule has 2 N–H and O–H groups in total. The molecule has 10 heteroatoms. The Morgan fingerprint density at radius 1 is 1.08 bits per heavy atom. The summed E-state index contributed by atoms with van der Waals surface area (Å²) in [4.78, 5) is 17.2. The Labute approximate surface area is 220 Å². The second kappa shape index (κ2) is 13.6. The van der Waals surface area contributed by atoms with Crippen molar-refractivity contribution in [1.29, 1.82) is 5.41 Å². The fraction of sp³-hybridized carbons (Fsp3) is 0.407. The highest BCUT2D eigenvalue weighted by molar-refractivity contribution is 6.33. The van der Waals surface area contributed by atoms with Crippen molar-refractivity contribution in [2.45, 2.75) is 31.5 Å². The number of benzene rings is 2. The van der Waals surface area contributed by atoms with Crippen molar-refractivity contribution in [3.63, 3.8) is 0 Å². The van der Waals surface area contributed by atoms with Gasteiger partial charge in [-0.15, -0.1) is 0 Å². The van der Waals surface area contributed by atoms with Gasteiger partial charge in [0.1, 0.15) is 0 Å². The molecule has 6 nitrogen and oxygen atoms in total. The van der Waals surface area contributed by atoms with E-state index in [0.29, 0.717) is 41.0 Å². The number of anilines is 1. The van der Waals surface area contributed by atoms with Gasteiger partial charge in [0.2, 0.25) is 0 Å². The van der Waals surface area contributed by atoms with Crippen LogP contribution >= 0.6 is 11.6 Å². The number of amides is 1. The van der Waals surface area contributed by atoms with Crippen LogP contribution in [0.3, 0.4) is 0 Å². The smallest absolute Gasteiger partial charge is 0.377 e. The van der Waals surface area contributed by atoms with E-state index in [4.69, 9.17) is 21.7 Å². The normalized spacial score (nSPS) is 18.8. The lowest BCUT2D eigenvalue weighted by molar-refractivity contribution is -0.124. The number of hydrogen-bond donors (Lipinski definition) is 2. The van der Waals surface area contributed by atoms with Crippen molar-refractivity contribution >= 4 is 35.6 Å². The van der Waals surface area contributed by atoms with Crippen molar-refractivity contribution in [3.05, 3.63) is 70.8 Å². The molecule has 2 aromatic carbocycles. The number of nitrogens with one attached hydrogen (secondary N) is 2. The molecule has 2 aromatic rings. The molecule has 2 fully saturated rings. The summed E-state index contributed by atoms with van der Waals surface area (Å²) in [7, 11) is 0. The topological polar surface area (TPSA) is 68.7 Å². The number of hydrogen-bond acceptors (Lipinski definition) is 5. The Bertz CT molecular complexity index is 1050. The third-order valence-corrected chi connectivity index (χ3v) is 6.60. The predicted octanol–water partition coefficient (Wildman–Crippen LogP) is 5.95. The fourth-order valence-electron chi connectivity index (χ4n) is 4.35. The second-order valence-corrected chi connectivity index (χ2v) is 9.25. The van der Waals surface area contributed by atoms with Gasteiger partial charge in [0.05, 0.1) is 23.2 Å². The van der Waals surface area contributed by atoms with E-state index < -0.39 is 12.6 Å². The van der Waals surface area contributed by atoms with E-state index >= 15 is 0 Å². The second-order valence-electron chi connectivity index (χ2n) is 8.85. The van der Waals surface area contributed by atoms with E-state index in [9.17, 15) is 18.0 Å². The fourth-order valence-corrected chi connectivity index (χ4v) is 4.53. The molecular weight excluding hydrogens is 505 g/mol. The van der Waals surface area contributed by atoms with Gasteiger partial charge in [-0.25, -0.2) is 0 Å². The number of piperazine rings is 1. The van der Waals surface area contributed by atoms with Crippen LogP contribution in [0.25, 0.3) is 5.70 Å². The highest BCUT2D eigenvalue weighted by Gasteiger charge is 2.27. The lowest BCUT2D eigenvalue weighted by Gasteiger charge is -2.35. The van der Waals surface area contributed by atoms with Gasteiger partial charge in [-0.05, 0) is 49.4 Å². The van der Waals surface area contributed by atoms with Crippen LogP contribution in [0.1, 0.15) is 35.2 Å². The van der Waals surface area contributed by atoms with Crippen LogP contribution in [0.15, 0.2) is 54.6 Å². The summed E-state index contributed by atoms with van der Waals surface area (Å²) in [5.74, 6) is -0.0757. The molecule has 4 rings (SSSR count). The summed E-state index contributed by atoms with van der Waals surface area (Å²) in [6.07, 6.45) is -1.83. The number of para-hydroxylation sites is 1. The third kappa shape index (κ3) is 8.59. The molecule has 0 spiro atoms. The summed E-state index contributed by atoms with van der Waals surface area (Å²) in [5.41, 5.74) is 1.82. The molecule has 2 saturated heterocycles. The summed E-state index contributed by atoms with van der Waals surface area (Å²) >= 11 is 6.18. The molecule has 0 saturated carbocycles. The first-order chi connectivity index (χ1) is 17.8. The number of halogens is 4. The van der Waals surface area contributed by atoms with E-state index in [1.165, 1.54) is 0 Å². The summed E-state index contributed by atoms with van der Waals surface area (Å²) < 4.78 is 44.4. The minimum absolute atomic E-state index is 0.0757. The number of carbonyl (C=O) groups is 1. The standard InChI is InChI=1S/C26H29ClF3N3O2.CH3N/c27-22-5-1-2-6-24(22)31-23(11-12-26(28,29)30)19-7-9-20(10-8-19)25(34)33-15-13-32(14-16-33)18-21-4-3-17-35-21;1-2/h1-2,5-11,21,31H,3-4,12-18H2;2H,1H2/b23-11-;. The van der Waals surface area contributed by atoms with Crippen molar-refractivity contribution in [1.82, 2.24) is 9.80 Å². The van der Waals surface area contributed by atoms with Crippen LogP contribution in [0.4, 0.5) is 18.9 Å². The maximum Gasteiger partial charge on any atom is 0.392 e. The van der Waals surface area contributed by atoms with Crippen molar-refractivity contribution in [2.75, 3.05) is 44.6 Å². The minimum atomic E-state index is -4.34. The molecule has 37 heavy (non-hydrogen) atoms. The first-order valence-corrected chi connectivity index (χ1v) is 12.5. The quantitative estimate of drug-likeness (QED) is 0.429. The Kier molecular flexibility index (Phi) is 10.5. The molecule has 2 aliphatic heterocycles. The van der Waals surface area contributed by atoms with Gasteiger partial charge in [0.15, 0.2) is 0 Å². The number of nitrogens with zero attached hydrogens (tertiary/aromatic N) is 2. The SMILES string of the molecule is C=N.O=C(c1ccc(/C(=C/CC(F)(F)F)Nc2ccccc2Cl)cc1)N1CCN(CC2CCCO2)CC1. The molecule has 0 bridgehead atoms. The Morgan fingerprint density at radius 2 is 1.73 bits per heavy atom. The van der Waals surface area contributed by atoms with Gasteiger partial charge in [-0.1, -0.05) is 41.9 Å². The highest BCUT2D eigenvalue weighted by atomic mass is 35.5. The van der Waals surface area contributed by atoms with Crippen molar-refractivity contribution < 1.29 is 22.7 Å². The molecule has 0 aromatic heterocycles. The van der Waals surface area contributed by atoms with Crippen LogP contribution < -0.4 is 5.32 Å². The van der Waals surface area contributed by atoms with E-state index in [2.05, 4.69) is 16.9 Å². The highest BCUT2D eigenvalue weighted by Crippen LogP contribution is 2.28. The molecule has 0 radical (unpaired) electrons. The first kappa shape index (κ1) is 28.7. The Balaban J connectivity index is 0.00000186. The van der Waals surface area contributed by atoms with Gasteiger partial charge < -0.3 is 20.4 Å².